The molecule has 0 unspecified atom stereocenters. The molecule has 0 radical (unpaired) electrons. The summed E-state index contributed by atoms with van der Waals surface area (Å²) in [5, 5.41) is 5.17. The van der Waals surface area contributed by atoms with E-state index in [1.54, 1.807) is 6.07 Å². The van der Waals surface area contributed by atoms with Crippen molar-refractivity contribution < 1.29 is 18.7 Å². The van der Waals surface area contributed by atoms with Crippen molar-refractivity contribution in [2.75, 3.05) is 6.61 Å². The number of ether oxygens (including phenoxy) is 1. The van der Waals surface area contributed by atoms with Gasteiger partial charge in [0.15, 0.2) is 12.0 Å². The number of halogens is 1. The Bertz CT molecular complexity index is 980. The molecule has 3 rings (SSSR count). The summed E-state index contributed by atoms with van der Waals surface area (Å²) in [6.45, 7) is -0.105. The first-order chi connectivity index (χ1) is 12.0. The lowest BCUT2D eigenvalue weighted by atomic mass is 10.2. The molecular weight excluding hydrogens is 366 g/mol. The quantitative estimate of drug-likeness (QED) is 0.691. The Morgan fingerprint density at radius 1 is 1.24 bits per heavy atom. The SMILES string of the molecule is O=C(COC(=O)c1cc(=O)c2cc(Cl)ccc2o1)NCc1cccs1. The minimum Gasteiger partial charge on any atom is -0.450 e. The van der Waals surface area contributed by atoms with Gasteiger partial charge in [0.1, 0.15) is 5.58 Å². The number of carbonyl (C=O) groups is 2. The molecule has 2 heterocycles. The molecule has 0 saturated carbocycles. The number of thiophene rings is 1. The monoisotopic (exact) mass is 377 g/mol. The average molecular weight is 378 g/mol. The second-order valence-corrected chi connectivity index (χ2v) is 6.52. The first-order valence-electron chi connectivity index (χ1n) is 7.22. The van der Waals surface area contributed by atoms with Crippen LogP contribution < -0.4 is 10.7 Å². The molecule has 0 atom stereocenters. The van der Waals surface area contributed by atoms with Gasteiger partial charge in [-0.3, -0.25) is 9.59 Å². The van der Waals surface area contributed by atoms with E-state index in [0.29, 0.717) is 11.6 Å². The number of carbonyl (C=O) groups excluding carboxylic acids is 2. The van der Waals surface area contributed by atoms with Gasteiger partial charge in [-0.05, 0) is 29.6 Å². The molecule has 25 heavy (non-hydrogen) atoms. The number of rotatable bonds is 5. The highest BCUT2D eigenvalue weighted by Gasteiger charge is 2.15. The summed E-state index contributed by atoms with van der Waals surface area (Å²) in [7, 11) is 0. The largest absolute Gasteiger partial charge is 0.450 e. The predicted molar refractivity (Wildman–Crippen MR) is 93.9 cm³/mol. The summed E-state index contributed by atoms with van der Waals surface area (Å²) in [5.41, 5.74) is -0.205. The standard InChI is InChI=1S/C17H12ClNO5S/c18-10-3-4-14-12(6-10)13(20)7-15(24-14)17(22)23-9-16(21)19-8-11-2-1-5-25-11/h1-7H,8-9H2,(H,19,21). The summed E-state index contributed by atoms with van der Waals surface area (Å²) < 4.78 is 10.2. The van der Waals surface area contributed by atoms with Crippen LogP contribution in [0.25, 0.3) is 11.0 Å². The third kappa shape index (κ3) is 4.26. The Morgan fingerprint density at radius 2 is 2.08 bits per heavy atom. The molecule has 3 aromatic rings. The molecular formula is C17H12ClNO5S. The van der Waals surface area contributed by atoms with Gasteiger partial charge in [-0.2, -0.15) is 0 Å². The predicted octanol–water partition coefficient (Wildman–Crippen LogP) is 2.98. The summed E-state index contributed by atoms with van der Waals surface area (Å²) in [6, 6.07) is 9.26. The molecule has 0 spiro atoms. The van der Waals surface area contributed by atoms with Gasteiger partial charge < -0.3 is 14.5 Å². The van der Waals surface area contributed by atoms with Crippen LogP contribution in [0.3, 0.4) is 0 Å². The van der Waals surface area contributed by atoms with Gasteiger partial charge in [0.2, 0.25) is 5.76 Å². The normalized spacial score (nSPS) is 10.6. The van der Waals surface area contributed by atoms with E-state index in [0.717, 1.165) is 10.9 Å². The van der Waals surface area contributed by atoms with Crippen molar-refractivity contribution in [3.8, 4) is 0 Å². The molecule has 6 nitrogen and oxygen atoms in total. The van der Waals surface area contributed by atoms with E-state index in [-0.39, 0.29) is 16.7 Å². The molecule has 1 N–H and O–H groups in total. The van der Waals surface area contributed by atoms with Crippen molar-refractivity contribution in [2.45, 2.75) is 6.54 Å². The lowest BCUT2D eigenvalue weighted by Crippen LogP contribution is -2.28. The van der Waals surface area contributed by atoms with Crippen LogP contribution in [0.4, 0.5) is 0 Å². The molecule has 0 aliphatic carbocycles. The highest BCUT2D eigenvalue weighted by molar-refractivity contribution is 7.09. The van der Waals surface area contributed by atoms with Gasteiger partial charge in [0, 0.05) is 16.0 Å². The molecule has 1 amide bonds. The van der Waals surface area contributed by atoms with Crippen molar-refractivity contribution in [2.24, 2.45) is 0 Å². The highest BCUT2D eigenvalue weighted by atomic mass is 35.5. The van der Waals surface area contributed by atoms with Crippen LogP contribution in [0.2, 0.25) is 5.02 Å². The Labute approximate surface area is 151 Å². The van der Waals surface area contributed by atoms with Crippen molar-refractivity contribution in [3.05, 3.63) is 67.7 Å². The van der Waals surface area contributed by atoms with E-state index >= 15 is 0 Å². The van der Waals surface area contributed by atoms with E-state index in [1.165, 1.54) is 23.5 Å². The van der Waals surface area contributed by atoms with Crippen molar-refractivity contribution in [3.63, 3.8) is 0 Å². The zero-order chi connectivity index (χ0) is 17.8. The lowest BCUT2D eigenvalue weighted by molar-refractivity contribution is -0.124. The summed E-state index contributed by atoms with van der Waals surface area (Å²) in [6.07, 6.45) is 0. The van der Waals surface area contributed by atoms with Crippen molar-refractivity contribution >= 4 is 45.8 Å². The zero-order valence-corrected chi connectivity index (χ0v) is 14.4. The van der Waals surface area contributed by atoms with Crippen LogP contribution in [0.5, 0.6) is 0 Å². The molecule has 8 heteroatoms. The molecule has 0 bridgehead atoms. The smallest absolute Gasteiger partial charge is 0.374 e. The van der Waals surface area contributed by atoms with E-state index in [4.69, 9.17) is 20.8 Å². The topological polar surface area (TPSA) is 85.6 Å². The lowest BCUT2D eigenvalue weighted by Gasteiger charge is -2.06. The molecule has 0 fully saturated rings. The third-order valence-corrected chi connectivity index (χ3v) is 4.38. The minimum absolute atomic E-state index is 0.214. The van der Waals surface area contributed by atoms with Crippen LogP contribution in [0, 0.1) is 0 Å². The van der Waals surface area contributed by atoms with Gasteiger partial charge in [0.05, 0.1) is 11.9 Å². The van der Waals surface area contributed by atoms with Gasteiger partial charge >= 0.3 is 5.97 Å². The Hall–Kier alpha value is -2.64. The molecule has 0 saturated heterocycles. The van der Waals surface area contributed by atoms with Crippen molar-refractivity contribution in [1.82, 2.24) is 5.32 Å². The second-order valence-electron chi connectivity index (χ2n) is 5.05. The number of hydrogen-bond acceptors (Lipinski definition) is 6. The fraction of sp³-hybridized carbons (Fsp3) is 0.118. The number of fused-ring (bicyclic) bond motifs is 1. The highest BCUT2D eigenvalue weighted by Crippen LogP contribution is 2.18. The Kier molecular flexibility index (Phi) is 5.16. The fourth-order valence-corrected chi connectivity index (χ4v) is 2.90. The number of benzene rings is 1. The first-order valence-corrected chi connectivity index (χ1v) is 8.48. The van der Waals surface area contributed by atoms with Gasteiger partial charge in [-0.15, -0.1) is 11.3 Å². The van der Waals surface area contributed by atoms with Gasteiger partial charge in [-0.1, -0.05) is 17.7 Å². The number of amides is 1. The Morgan fingerprint density at radius 3 is 2.84 bits per heavy atom. The number of nitrogens with one attached hydrogen (secondary N) is 1. The average Bonchev–Trinajstić information content (AvgIpc) is 3.12. The molecule has 0 aliphatic rings. The number of esters is 1. The summed E-state index contributed by atoms with van der Waals surface area (Å²) in [5.74, 6) is -1.61. The van der Waals surface area contributed by atoms with E-state index in [9.17, 15) is 14.4 Å². The summed E-state index contributed by atoms with van der Waals surface area (Å²) >= 11 is 7.34. The van der Waals surface area contributed by atoms with Crippen LogP contribution in [0.1, 0.15) is 15.4 Å². The van der Waals surface area contributed by atoms with E-state index in [1.807, 2.05) is 17.5 Å². The maximum atomic E-state index is 12.0. The molecule has 0 aliphatic heterocycles. The molecule has 128 valence electrons. The maximum absolute atomic E-state index is 12.0. The fourth-order valence-electron chi connectivity index (χ4n) is 2.08. The van der Waals surface area contributed by atoms with Crippen LogP contribution in [-0.4, -0.2) is 18.5 Å². The van der Waals surface area contributed by atoms with Crippen LogP contribution in [-0.2, 0) is 16.1 Å². The molecule has 1 aromatic carbocycles. The van der Waals surface area contributed by atoms with Gasteiger partial charge in [-0.25, -0.2) is 4.79 Å². The zero-order valence-electron chi connectivity index (χ0n) is 12.8. The third-order valence-electron chi connectivity index (χ3n) is 3.26. The Balaban J connectivity index is 1.63. The van der Waals surface area contributed by atoms with E-state index < -0.39 is 23.9 Å². The van der Waals surface area contributed by atoms with Crippen molar-refractivity contribution in [1.29, 1.82) is 0 Å². The first kappa shape index (κ1) is 17.2. The van der Waals surface area contributed by atoms with Gasteiger partial charge in [0.25, 0.3) is 5.91 Å². The minimum atomic E-state index is -0.889. The second kappa shape index (κ2) is 7.50. The summed E-state index contributed by atoms with van der Waals surface area (Å²) in [4.78, 5) is 36.7. The molecule has 2 aromatic heterocycles. The number of hydrogen-bond donors (Lipinski definition) is 1. The maximum Gasteiger partial charge on any atom is 0.374 e. The van der Waals surface area contributed by atoms with E-state index in [2.05, 4.69) is 5.32 Å². The van der Waals surface area contributed by atoms with Crippen LogP contribution in [0.15, 0.2) is 51.0 Å². The van der Waals surface area contributed by atoms with Crippen LogP contribution >= 0.6 is 22.9 Å².